The molecule has 1 aliphatic heterocycles. The van der Waals surface area contributed by atoms with Gasteiger partial charge in [0.15, 0.2) is 11.5 Å². The van der Waals surface area contributed by atoms with Gasteiger partial charge in [0, 0.05) is 18.5 Å². The Morgan fingerprint density at radius 1 is 1.35 bits per heavy atom. The zero-order chi connectivity index (χ0) is 17.9. The van der Waals surface area contributed by atoms with E-state index in [0.29, 0.717) is 5.65 Å². The number of esters is 1. The summed E-state index contributed by atoms with van der Waals surface area (Å²) >= 11 is 1.60. The first-order valence-electron chi connectivity index (χ1n) is 8.63. The van der Waals surface area contributed by atoms with Crippen LogP contribution in [0, 0.1) is 5.92 Å². The Balaban J connectivity index is 1.30. The van der Waals surface area contributed by atoms with Crippen LogP contribution in [0.15, 0.2) is 17.5 Å². The van der Waals surface area contributed by atoms with Crippen LogP contribution < -0.4 is 4.90 Å². The van der Waals surface area contributed by atoms with Gasteiger partial charge in [0.2, 0.25) is 0 Å². The maximum absolute atomic E-state index is 12.3. The summed E-state index contributed by atoms with van der Waals surface area (Å²) in [5.41, 5.74) is 1.44. The number of aryl methyl sites for hydroxylation is 1. The Hall–Kier alpha value is -2.62. The van der Waals surface area contributed by atoms with Crippen LogP contribution in [0.3, 0.4) is 0 Å². The molecule has 3 aromatic heterocycles. The van der Waals surface area contributed by atoms with Crippen molar-refractivity contribution >= 4 is 28.8 Å². The average molecular weight is 373 g/mol. The molecule has 0 unspecified atom stereocenters. The number of aromatic nitrogens is 6. The monoisotopic (exact) mass is 373 g/mol. The highest BCUT2D eigenvalue weighted by Crippen LogP contribution is 2.23. The van der Waals surface area contributed by atoms with Crippen molar-refractivity contribution in [3.63, 3.8) is 0 Å². The van der Waals surface area contributed by atoms with Crippen molar-refractivity contribution in [1.29, 1.82) is 0 Å². The van der Waals surface area contributed by atoms with E-state index in [-0.39, 0.29) is 18.5 Å². The number of tetrazole rings is 1. The third kappa shape index (κ3) is 3.50. The number of carbonyl (C=O) groups is 1. The molecule has 0 radical (unpaired) electrons. The topological polar surface area (TPSA) is 98.4 Å². The molecule has 0 aromatic carbocycles. The largest absolute Gasteiger partial charge is 0.459 e. The quantitative estimate of drug-likeness (QED) is 0.621. The number of ether oxygens (including phenoxy) is 1. The van der Waals surface area contributed by atoms with Crippen molar-refractivity contribution in [2.75, 3.05) is 18.0 Å². The summed E-state index contributed by atoms with van der Waals surface area (Å²) in [7, 11) is 0. The Morgan fingerprint density at radius 3 is 2.96 bits per heavy atom. The lowest BCUT2D eigenvalue weighted by Crippen LogP contribution is -2.37. The highest BCUT2D eigenvalue weighted by atomic mass is 32.1. The first kappa shape index (κ1) is 16.8. The van der Waals surface area contributed by atoms with E-state index in [0.717, 1.165) is 48.9 Å². The SMILES string of the molecule is CCc1nc(COC(=O)C2CCN(c3ccc4nnnn4n3)CC2)cs1. The Labute approximate surface area is 154 Å². The van der Waals surface area contributed by atoms with E-state index in [1.54, 1.807) is 11.3 Å². The second-order valence-corrected chi connectivity index (χ2v) is 7.12. The van der Waals surface area contributed by atoms with Gasteiger partial charge in [-0.05, 0) is 41.8 Å². The van der Waals surface area contributed by atoms with Crippen molar-refractivity contribution in [2.24, 2.45) is 5.92 Å². The molecule has 136 valence electrons. The van der Waals surface area contributed by atoms with Crippen LogP contribution in [-0.4, -0.2) is 49.3 Å². The van der Waals surface area contributed by atoms with Gasteiger partial charge in [-0.3, -0.25) is 4.79 Å². The predicted molar refractivity (Wildman–Crippen MR) is 94.8 cm³/mol. The second-order valence-electron chi connectivity index (χ2n) is 6.17. The minimum Gasteiger partial charge on any atom is -0.459 e. The lowest BCUT2D eigenvalue weighted by molar-refractivity contribution is -0.150. The van der Waals surface area contributed by atoms with Gasteiger partial charge in [-0.1, -0.05) is 6.92 Å². The zero-order valence-electron chi connectivity index (χ0n) is 14.4. The summed E-state index contributed by atoms with van der Waals surface area (Å²) < 4.78 is 6.86. The molecular formula is C16H19N7O2S. The molecule has 1 fully saturated rings. The van der Waals surface area contributed by atoms with Crippen molar-refractivity contribution in [3.8, 4) is 0 Å². The molecule has 4 heterocycles. The number of hydrogen-bond acceptors (Lipinski definition) is 9. The van der Waals surface area contributed by atoms with Crippen molar-refractivity contribution in [3.05, 3.63) is 28.2 Å². The van der Waals surface area contributed by atoms with Crippen LogP contribution >= 0.6 is 11.3 Å². The fourth-order valence-corrected chi connectivity index (χ4v) is 3.72. The minimum absolute atomic E-state index is 0.0766. The van der Waals surface area contributed by atoms with Crippen LogP contribution in [0.4, 0.5) is 5.82 Å². The van der Waals surface area contributed by atoms with Crippen molar-refractivity contribution in [1.82, 2.24) is 30.2 Å². The van der Waals surface area contributed by atoms with E-state index < -0.39 is 0 Å². The average Bonchev–Trinajstić information content (AvgIpc) is 3.34. The molecule has 4 rings (SSSR count). The van der Waals surface area contributed by atoms with Gasteiger partial charge in [0.25, 0.3) is 0 Å². The van der Waals surface area contributed by atoms with Gasteiger partial charge in [0.1, 0.15) is 6.61 Å². The van der Waals surface area contributed by atoms with Gasteiger partial charge in [-0.15, -0.1) is 26.2 Å². The Kier molecular flexibility index (Phi) is 4.74. The molecule has 0 saturated carbocycles. The molecule has 1 saturated heterocycles. The van der Waals surface area contributed by atoms with Crippen LogP contribution in [0.5, 0.6) is 0 Å². The van der Waals surface area contributed by atoms with Crippen molar-refractivity contribution < 1.29 is 9.53 Å². The summed E-state index contributed by atoms with van der Waals surface area (Å²) in [6.07, 6.45) is 2.39. The molecule has 26 heavy (non-hydrogen) atoms. The van der Waals surface area contributed by atoms with E-state index in [1.807, 2.05) is 17.5 Å². The number of anilines is 1. The van der Waals surface area contributed by atoms with Gasteiger partial charge >= 0.3 is 5.97 Å². The molecule has 0 N–H and O–H groups in total. The standard InChI is InChI=1S/C16H19N7O2S/c1-2-15-17-12(10-26-15)9-25-16(24)11-5-7-22(8-6-11)14-4-3-13-18-20-21-23(13)19-14/h3-4,10-11H,2,5-9H2,1H3. The molecule has 10 heteroatoms. The van der Waals surface area contributed by atoms with Crippen LogP contribution in [0.2, 0.25) is 0 Å². The molecule has 0 amide bonds. The van der Waals surface area contributed by atoms with Gasteiger partial charge < -0.3 is 9.64 Å². The fourth-order valence-electron chi connectivity index (χ4n) is 2.99. The number of thiazole rings is 1. The van der Waals surface area contributed by atoms with Gasteiger partial charge in [-0.2, -0.15) is 0 Å². The third-order valence-corrected chi connectivity index (χ3v) is 5.51. The van der Waals surface area contributed by atoms with E-state index in [1.165, 1.54) is 4.63 Å². The highest BCUT2D eigenvalue weighted by molar-refractivity contribution is 7.09. The van der Waals surface area contributed by atoms with Crippen LogP contribution in [0.25, 0.3) is 5.65 Å². The lowest BCUT2D eigenvalue weighted by atomic mass is 9.97. The lowest BCUT2D eigenvalue weighted by Gasteiger charge is -2.31. The first-order chi connectivity index (χ1) is 12.7. The summed E-state index contributed by atoms with van der Waals surface area (Å²) in [5, 5.41) is 18.7. The summed E-state index contributed by atoms with van der Waals surface area (Å²) in [6, 6.07) is 3.74. The van der Waals surface area contributed by atoms with Crippen molar-refractivity contribution in [2.45, 2.75) is 32.8 Å². The third-order valence-electron chi connectivity index (χ3n) is 4.47. The molecule has 1 aliphatic rings. The number of nitrogens with zero attached hydrogens (tertiary/aromatic N) is 7. The number of carbonyl (C=O) groups excluding carboxylic acids is 1. The minimum atomic E-state index is -0.139. The Bertz CT molecular complexity index is 901. The van der Waals surface area contributed by atoms with Gasteiger partial charge in [0.05, 0.1) is 16.6 Å². The number of piperidine rings is 1. The molecule has 0 spiro atoms. The fraction of sp³-hybridized carbons (Fsp3) is 0.500. The summed E-state index contributed by atoms with van der Waals surface area (Å²) in [5.74, 6) is 0.595. The smallest absolute Gasteiger partial charge is 0.309 e. The molecular weight excluding hydrogens is 354 g/mol. The Morgan fingerprint density at radius 2 is 2.19 bits per heavy atom. The van der Waals surface area contributed by atoms with E-state index in [4.69, 9.17) is 4.74 Å². The highest BCUT2D eigenvalue weighted by Gasteiger charge is 2.27. The van der Waals surface area contributed by atoms with E-state index in [2.05, 4.69) is 37.4 Å². The molecule has 0 atom stereocenters. The normalized spacial score (nSPS) is 15.5. The molecule has 9 nitrogen and oxygen atoms in total. The maximum atomic E-state index is 12.3. The molecule has 3 aromatic rings. The molecule has 0 aliphatic carbocycles. The maximum Gasteiger partial charge on any atom is 0.309 e. The van der Waals surface area contributed by atoms with E-state index in [9.17, 15) is 4.79 Å². The van der Waals surface area contributed by atoms with Crippen LogP contribution in [-0.2, 0) is 22.6 Å². The zero-order valence-corrected chi connectivity index (χ0v) is 15.2. The van der Waals surface area contributed by atoms with E-state index >= 15 is 0 Å². The number of hydrogen-bond donors (Lipinski definition) is 0. The number of rotatable bonds is 5. The number of fused-ring (bicyclic) bond motifs is 1. The summed E-state index contributed by atoms with van der Waals surface area (Å²) in [4.78, 5) is 18.9. The molecule has 0 bridgehead atoms. The van der Waals surface area contributed by atoms with Crippen LogP contribution in [0.1, 0.15) is 30.5 Å². The first-order valence-corrected chi connectivity index (χ1v) is 9.51. The van der Waals surface area contributed by atoms with Gasteiger partial charge in [-0.25, -0.2) is 4.98 Å². The summed E-state index contributed by atoms with van der Waals surface area (Å²) in [6.45, 7) is 3.82. The second kappa shape index (κ2) is 7.32. The predicted octanol–water partition coefficient (Wildman–Crippen LogP) is 1.50.